The van der Waals surface area contributed by atoms with E-state index >= 15 is 0 Å². The summed E-state index contributed by atoms with van der Waals surface area (Å²) >= 11 is 0. The molecule has 0 atom stereocenters. The average molecular weight is 270 g/mol. The number of amides is 1. The Labute approximate surface area is 120 Å². The Balaban J connectivity index is 3.60. The van der Waals surface area contributed by atoms with Crippen LogP contribution in [0, 0.1) is 11.8 Å². The van der Waals surface area contributed by atoms with Gasteiger partial charge in [0.1, 0.15) is 0 Å². The number of nitrogens with zero attached hydrogens (tertiary/aromatic N) is 1. The van der Waals surface area contributed by atoms with Gasteiger partial charge in [-0.05, 0) is 31.2 Å². The first-order valence-corrected chi connectivity index (χ1v) is 7.88. The Kier molecular flexibility index (Phi) is 10.9. The summed E-state index contributed by atoms with van der Waals surface area (Å²) in [5.74, 6) is 1.58. The molecule has 3 nitrogen and oxygen atoms in total. The van der Waals surface area contributed by atoms with Crippen LogP contribution in [0.2, 0.25) is 0 Å². The number of hydrogen-bond acceptors (Lipinski definition) is 2. The highest BCUT2D eigenvalue weighted by Gasteiger charge is 2.08. The third-order valence-electron chi connectivity index (χ3n) is 3.02. The minimum atomic E-state index is 0.0834. The summed E-state index contributed by atoms with van der Waals surface area (Å²) < 4.78 is 0. The van der Waals surface area contributed by atoms with E-state index in [9.17, 15) is 4.79 Å². The van der Waals surface area contributed by atoms with Gasteiger partial charge < -0.3 is 10.2 Å². The first-order valence-electron chi connectivity index (χ1n) is 7.88. The van der Waals surface area contributed by atoms with Crippen molar-refractivity contribution in [2.24, 2.45) is 11.8 Å². The normalized spacial score (nSPS) is 11.6. The molecule has 0 saturated heterocycles. The van der Waals surface area contributed by atoms with Crippen LogP contribution in [0.3, 0.4) is 0 Å². The van der Waals surface area contributed by atoms with E-state index in [-0.39, 0.29) is 5.91 Å². The summed E-state index contributed by atoms with van der Waals surface area (Å²) in [4.78, 5) is 13.3. The molecular formula is C16H34N2O. The molecule has 0 aliphatic heterocycles. The van der Waals surface area contributed by atoms with Crippen LogP contribution in [0.1, 0.15) is 60.3 Å². The Bertz CT molecular complexity index is 217. The summed E-state index contributed by atoms with van der Waals surface area (Å²) in [6, 6.07) is 0. The SMILES string of the molecule is CC(=O)NCCCCCCN(CC(C)C)CC(C)C. The Hall–Kier alpha value is -0.570. The Morgan fingerprint density at radius 2 is 1.47 bits per heavy atom. The molecule has 0 aliphatic rings. The van der Waals surface area contributed by atoms with Crippen LogP contribution in [0.4, 0.5) is 0 Å². The van der Waals surface area contributed by atoms with Gasteiger partial charge in [0.15, 0.2) is 0 Å². The van der Waals surface area contributed by atoms with Gasteiger partial charge in [0.25, 0.3) is 0 Å². The fourth-order valence-electron chi connectivity index (χ4n) is 2.37. The lowest BCUT2D eigenvalue weighted by molar-refractivity contribution is -0.118. The number of carbonyl (C=O) groups is 1. The maximum absolute atomic E-state index is 10.7. The molecule has 0 bridgehead atoms. The molecule has 0 rings (SSSR count). The van der Waals surface area contributed by atoms with Gasteiger partial charge in [-0.3, -0.25) is 4.79 Å². The van der Waals surface area contributed by atoms with Gasteiger partial charge in [-0.15, -0.1) is 0 Å². The molecule has 0 unspecified atom stereocenters. The van der Waals surface area contributed by atoms with Crippen LogP contribution in [0.25, 0.3) is 0 Å². The van der Waals surface area contributed by atoms with Crippen LogP contribution >= 0.6 is 0 Å². The van der Waals surface area contributed by atoms with Crippen LogP contribution in [-0.2, 0) is 4.79 Å². The minimum Gasteiger partial charge on any atom is -0.356 e. The number of carbonyl (C=O) groups excluding carboxylic acids is 1. The molecule has 114 valence electrons. The molecule has 0 aromatic heterocycles. The van der Waals surface area contributed by atoms with Gasteiger partial charge >= 0.3 is 0 Å². The molecule has 0 radical (unpaired) electrons. The van der Waals surface area contributed by atoms with Crippen molar-refractivity contribution in [2.75, 3.05) is 26.2 Å². The topological polar surface area (TPSA) is 32.3 Å². The van der Waals surface area contributed by atoms with E-state index in [0.29, 0.717) is 0 Å². The van der Waals surface area contributed by atoms with Crippen molar-refractivity contribution < 1.29 is 4.79 Å². The van der Waals surface area contributed by atoms with E-state index in [1.54, 1.807) is 6.92 Å². The maximum atomic E-state index is 10.7. The predicted octanol–water partition coefficient (Wildman–Crippen LogP) is 3.30. The molecule has 1 amide bonds. The number of unbranched alkanes of at least 4 members (excludes halogenated alkanes) is 3. The Morgan fingerprint density at radius 1 is 0.947 bits per heavy atom. The zero-order valence-electron chi connectivity index (χ0n) is 13.7. The van der Waals surface area contributed by atoms with E-state index in [0.717, 1.165) is 24.8 Å². The van der Waals surface area contributed by atoms with Crippen molar-refractivity contribution in [3.05, 3.63) is 0 Å². The quantitative estimate of drug-likeness (QED) is 0.584. The minimum absolute atomic E-state index is 0.0834. The summed E-state index contributed by atoms with van der Waals surface area (Å²) in [6.07, 6.45) is 4.87. The van der Waals surface area contributed by atoms with Crippen LogP contribution in [0.5, 0.6) is 0 Å². The predicted molar refractivity (Wildman–Crippen MR) is 83.3 cm³/mol. The lowest BCUT2D eigenvalue weighted by atomic mass is 10.1. The average Bonchev–Trinajstić information content (AvgIpc) is 2.25. The van der Waals surface area contributed by atoms with Crippen molar-refractivity contribution in [2.45, 2.75) is 60.3 Å². The molecule has 0 heterocycles. The van der Waals surface area contributed by atoms with Crippen molar-refractivity contribution in [1.29, 1.82) is 0 Å². The fraction of sp³-hybridized carbons (Fsp3) is 0.938. The summed E-state index contributed by atoms with van der Waals surface area (Å²) in [6.45, 7) is 15.2. The van der Waals surface area contributed by atoms with Gasteiger partial charge in [0.2, 0.25) is 5.91 Å². The highest BCUT2D eigenvalue weighted by atomic mass is 16.1. The second kappa shape index (κ2) is 11.3. The molecule has 1 N–H and O–H groups in total. The molecule has 0 aromatic carbocycles. The number of nitrogens with one attached hydrogen (secondary N) is 1. The zero-order valence-corrected chi connectivity index (χ0v) is 13.7. The lowest BCUT2D eigenvalue weighted by Crippen LogP contribution is -2.32. The standard InChI is InChI=1S/C16H34N2O/c1-14(2)12-18(13-15(3)4)11-9-7-6-8-10-17-16(5)19/h14-15H,6-13H2,1-5H3,(H,17,19). The third kappa shape index (κ3) is 13.7. The molecule has 3 heteroatoms. The van der Waals surface area contributed by atoms with Crippen molar-refractivity contribution >= 4 is 5.91 Å². The maximum Gasteiger partial charge on any atom is 0.216 e. The van der Waals surface area contributed by atoms with Crippen molar-refractivity contribution in [3.63, 3.8) is 0 Å². The van der Waals surface area contributed by atoms with E-state index in [1.807, 2.05) is 0 Å². The van der Waals surface area contributed by atoms with Crippen molar-refractivity contribution in [1.82, 2.24) is 10.2 Å². The first kappa shape index (κ1) is 18.4. The molecule has 0 fully saturated rings. The highest BCUT2D eigenvalue weighted by Crippen LogP contribution is 2.07. The van der Waals surface area contributed by atoms with Gasteiger partial charge in [-0.2, -0.15) is 0 Å². The number of rotatable bonds is 11. The summed E-state index contributed by atoms with van der Waals surface area (Å²) in [7, 11) is 0. The van der Waals surface area contributed by atoms with E-state index < -0.39 is 0 Å². The van der Waals surface area contributed by atoms with Crippen molar-refractivity contribution in [3.8, 4) is 0 Å². The second-order valence-electron chi connectivity index (χ2n) is 6.44. The van der Waals surface area contributed by atoms with E-state index in [2.05, 4.69) is 37.9 Å². The summed E-state index contributed by atoms with van der Waals surface area (Å²) in [5.41, 5.74) is 0. The van der Waals surface area contributed by atoms with Crippen LogP contribution < -0.4 is 5.32 Å². The van der Waals surface area contributed by atoms with E-state index in [1.165, 1.54) is 38.9 Å². The zero-order chi connectivity index (χ0) is 14.7. The Morgan fingerprint density at radius 3 is 1.95 bits per heavy atom. The van der Waals surface area contributed by atoms with Crippen LogP contribution in [0.15, 0.2) is 0 Å². The number of hydrogen-bond donors (Lipinski definition) is 1. The van der Waals surface area contributed by atoms with Gasteiger partial charge in [-0.1, -0.05) is 40.5 Å². The van der Waals surface area contributed by atoms with Crippen LogP contribution in [-0.4, -0.2) is 37.0 Å². The largest absolute Gasteiger partial charge is 0.356 e. The second-order valence-corrected chi connectivity index (χ2v) is 6.44. The molecule has 0 aromatic rings. The first-order chi connectivity index (χ1) is 8.91. The molecule has 0 spiro atoms. The molecular weight excluding hydrogens is 236 g/mol. The fourth-order valence-corrected chi connectivity index (χ4v) is 2.37. The monoisotopic (exact) mass is 270 g/mol. The lowest BCUT2D eigenvalue weighted by Gasteiger charge is -2.26. The smallest absolute Gasteiger partial charge is 0.216 e. The van der Waals surface area contributed by atoms with E-state index in [4.69, 9.17) is 0 Å². The highest BCUT2D eigenvalue weighted by molar-refractivity contribution is 5.72. The molecule has 19 heavy (non-hydrogen) atoms. The summed E-state index contributed by atoms with van der Waals surface area (Å²) in [5, 5.41) is 2.85. The third-order valence-corrected chi connectivity index (χ3v) is 3.02. The van der Waals surface area contributed by atoms with Gasteiger partial charge in [-0.25, -0.2) is 0 Å². The van der Waals surface area contributed by atoms with Gasteiger partial charge in [0, 0.05) is 26.6 Å². The molecule has 0 aliphatic carbocycles. The van der Waals surface area contributed by atoms with Gasteiger partial charge in [0.05, 0.1) is 0 Å². The molecule has 0 saturated carbocycles.